The Morgan fingerprint density at radius 1 is 1.09 bits per heavy atom. The normalized spacial score (nSPS) is 24.1. The number of fused-ring (bicyclic) bond motifs is 4. The third-order valence-electron chi connectivity index (χ3n) is 11.1. The van der Waals surface area contributed by atoms with Crippen molar-refractivity contribution in [3.63, 3.8) is 0 Å². The van der Waals surface area contributed by atoms with Crippen LogP contribution in [0.5, 0.6) is 11.8 Å². The molecular formula is C37H37F2N5O3. The van der Waals surface area contributed by atoms with Gasteiger partial charge in [-0.3, -0.25) is 0 Å². The molecular weight excluding hydrogens is 600 g/mol. The van der Waals surface area contributed by atoms with Crippen LogP contribution >= 0.6 is 0 Å². The third kappa shape index (κ3) is 4.98. The molecule has 10 heteroatoms. The van der Waals surface area contributed by atoms with Gasteiger partial charge < -0.3 is 29.7 Å². The first-order chi connectivity index (χ1) is 22.8. The van der Waals surface area contributed by atoms with Crippen molar-refractivity contribution < 1.29 is 23.4 Å². The Balaban J connectivity index is 1.12. The zero-order chi connectivity index (χ0) is 31.9. The van der Waals surface area contributed by atoms with Gasteiger partial charge in [0.1, 0.15) is 22.9 Å². The molecule has 5 heterocycles. The van der Waals surface area contributed by atoms with Gasteiger partial charge in [-0.05, 0) is 68.3 Å². The smallest absolute Gasteiger partial charge is 0.319 e. The first kappa shape index (κ1) is 29.1. The Morgan fingerprint density at radius 2 is 1.89 bits per heavy atom. The fourth-order valence-electron chi connectivity index (χ4n) is 8.42. The van der Waals surface area contributed by atoms with Gasteiger partial charge in [0.2, 0.25) is 0 Å². The fourth-order valence-corrected chi connectivity index (χ4v) is 8.42. The number of phenols is 1. The van der Waals surface area contributed by atoms with E-state index in [2.05, 4.69) is 26.0 Å². The quantitative estimate of drug-likeness (QED) is 0.267. The van der Waals surface area contributed by atoms with Crippen molar-refractivity contribution in [2.45, 2.75) is 44.2 Å². The summed E-state index contributed by atoms with van der Waals surface area (Å²) in [5, 5.41) is 15.6. The van der Waals surface area contributed by atoms with E-state index >= 15 is 8.78 Å². The van der Waals surface area contributed by atoms with Gasteiger partial charge in [0.25, 0.3) is 0 Å². The molecule has 1 aromatic heterocycles. The fraction of sp³-hybridized carbons (Fsp3) is 0.459. The molecule has 0 amide bonds. The molecule has 5 fully saturated rings. The average molecular weight is 638 g/mol. The second-order valence-corrected chi connectivity index (χ2v) is 14.6. The van der Waals surface area contributed by atoms with E-state index < -0.39 is 11.6 Å². The maximum Gasteiger partial charge on any atom is 0.319 e. The van der Waals surface area contributed by atoms with Gasteiger partial charge in [0.05, 0.1) is 25.4 Å². The second-order valence-electron chi connectivity index (χ2n) is 14.6. The Morgan fingerprint density at radius 3 is 2.60 bits per heavy atom. The van der Waals surface area contributed by atoms with Crippen LogP contribution < -0.4 is 15.0 Å². The molecule has 4 aliphatic heterocycles. The highest BCUT2D eigenvalue weighted by Crippen LogP contribution is 2.49. The van der Waals surface area contributed by atoms with Crippen LogP contribution in [-0.4, -0.2) is 84.6 Å². The number of nitrogens with one attached hydrogen (secondary N) is 1. The number of benzene rings is 3. The summed E-state index contributed by atoms with van der Waals surface area (Å²) in [6.07, 6.45) is 11.2. The second kappa shape index (κ2) is 10.7. The number of anilines is 1. The molecule has 5 aliphatic rings. The van der Waals surface area contributed by atoms with Crippen LogP contribution in [0.15, 0.2) is 36.4 Å². The Bertz CT molecular complexity index is 1960. The number of rotatable bonds is 7. The van der Waals surface area contributed by atoms with E-state index in [9.17, 15) is 5.11 Å². The Labute approximate surface area is 272 Å². The molecule has 8 nitrogen and oxygen atoms in total. The Kier molecular flexibility index (Phi) is 6.66. The van der Waals surface area contributed by atoms with Crippen LogP contribution in [0.25, 0.3) is 32.8 Å². The molecule has 9 rings (SSSR count). The zero-order valence-corrected chi connectivity index (χ0v) is 26.2. The van der Waals surface area contributed by atoms with E-state index in [-0.39, 0.29) is 45.9 Å². The van der Waals surface area contributed by atoms with E-state index in [1.54, 1.807) is 18.2 Å². The summed E-state index contributed by atoms with van der Waals surface area (Å²) in [5.74, 6) is 1.38. The number of ether oxygens (including phenoxy) is 2. The van der Waals surface area contributed by atoms with Gasteiger partial charge in [-0.2, -0.15) is 9.97 Å². The summed E-state index contributed by atoms with van der Waals surface area (Å²) in [4.78, 5) is 14.1. The number of nitrogens with zero attached hydrogens (tertiary/aromatic N) is 4. The molecule has 0 radical (unpaired) electrons. The summed E-state index contributed by atoms with van der Waals surface area (Å²) in [6, 6.07) is 10.1. The molecule has 2 N–H and O–H groups in total. The summed E-state index contributed by atoms with van der Waals surface area (Å²) >= 11 is 0. The van der Waals surface area contributed by atoms with Gasteiger partial charge in [-0.15, -0.1) is 6.42 Å². The third-order valence-corrected chi connectivity index (χ3v) is 11.1. The maximum atomic E-state index is 16.9. The number of halogens is 2. The largest absolute Gasteiger partial charge is 0.508 e. The summed E-state index contributed by atoms with van der Waals surface area (Å²) < 4.78 is 45.0. The molecule has 4 saturated heterocycles. The van der Waals surface area contributed by atoms with Gasteiger partial charge in [0.15, 0.2) is 5.82 Å². The van der Waals surface area contributed by atoms with Crippen molar-refractivity contribution in [1.82, 2.24) is 20.2 Å². The molecule has 3 aromatic carbocycles. The highest BCUT2D eigenvalue weighted by atomic mass is 19.1. The molecule has 1 saturated carbocycles. The van der Waals surface area contributed by atoms with E-state index in [1.807, 2.05) is 0 Å². The zero-order valence-electron chi connectivity index (χ0n) is 26.2. The first-order valence-corrected chi connectivity index (χ1v) is 16.7. The lowest BCUT2D eigenvalue weighted by molar-refractivity contribution is -0.105. The molecule has 1 spiro atoms. The SMILES string of the molecule is C#Cc1cccc2cc(O)cc(-c3c(F)cc4c(N5CC6CCC(C5)N6)nc(OCC5(CN6CCC7(COC7)C6)CC5)nc4c3F)c12. The summed E-state index contributed by atoms with van der Waals surface area (Å²) in [7, 11) is 0. The van der Waals surface area contributed by atoms with E-state index in [1.165, 1.54) is 24.6 Å². The van der Waals surface area contributed by atoms with Crippen LogP contribution in [-0.2, 0) is 4.74 Å². The van der Waals surface area contributed by atoms with E-state index in [4.69, 9.17) is 20.9 Å². The molecule has 47 heavy (non-hydrogen) atoms. The number of phenolic OH excluding ortho intramolecular Hbond substituents is 1. The number of aromatic hydroxyl groups is 1. The molecule has 242 valence electrons. The number of hydrogen-bond donors (Lipinski definition) is 2. The van der Waals surface area contributed by atoms with E-state index in [0.717, 1.165) is 58.5 Å². The minimum atomic E-state index is -0.837. The van der Waals surface area contributed by atoms with E-state index in [0.29, 0.717) is 52.7 Å². The van der Waals surface area contributed by atoms with Gasteiger partial charge in [-0.25, -0.2) is 8.78 Å². The number of hydrogen-bond acceptors (Lipinski definition) is 8. The summed E-state index contributed by atoms with van der Waals surface area (Å²) in [6.45, 7) is 6.57. The monoisotopic (exact) mass is 637 g/mol. The highest BCUT2D eigenvalue weighted by Gasteiger charge is 2.50. The summed E-state index contributed by atoms with van der Waals surface area (Å²) in [5.41, 5.74) is 0.676. The molecule has 4 aromatic rings. The lowest BCUT2D eigenvalue weighted by Crippen LogP contribution is -2.51. The lowest BCUT2D eigenvalue weighted by atomic mass is 9.85. The molecule has 1 aliphatic carbocycles. The molecule has 2 atom stereocenters. The predicted molar refractivity (Wildman–Crippen MR) is 176 cm³/mol. The van der Waals surface area contributed by atoms with Crippen LogP contribution in [0.1, 0.15) is 37.7 Å². The number of aromatic nitrogens is 2. The van der Waals surface area contributed by atoms with Crippen molar-refractivity contribution in [2.75, 3.05) is 57.4 Å². The standard InChI is InChI=1S/C37H37F2N5O3/c1-2-22-4-3-5-23-12-26(45)13-27(30(22)23)31-29(38)14-28-33(32(31)39)41-35(42-34(28)44-15-24-6-7-25(16-44)40-24)47-21-36(8-9-36)17-43-11-10-37(18-43)19-46-20-37/h1,3-5,12-14,24-25,40,45H,6-11,15-21H2. The van der Waals surface area contributed by atoms with Crippen molar-refractivity contribution in [1.29, 1.82) is 0 Å². The van der Waals surface area contributed by atoms with Crippen LogP contribution in [0.2, 0.25) is 0 Å². The van der Waals surface area contributed by atoms with Crippen LogP contribution in [0.4, 0.5) is 14.6 Å². The van der Waals surface area contributed by atoms with Gasteiger partial charge in [0, 0.05) is 71.0 Å². The average Bonchev–Trinajstić information content (AvgIpc) is 3.53. The minimum absolute atomic E-state index is 0.0153. The van der Waals surface area contributed by atoms with Crippen molar-refractivity contribution in [3.05, 3.63) is 53.6 Å². The van der Waals surface area contributed by atoms with Crippen molar-refractivity contribution >= 4 is 27.5 Å². The maximum absolute atomic E-state index is 16.9. The Hall–Kier alpha value is -4.04. The van der Waals surface area contributed by atoms with Crippen molar-refractivity contribution in [2.24, 2.45) is 10.8 Å². The minimum Gasteiger partial charge on any atom is -0.508 e. The number of likely N-dealkylation sites (tertiary alicyclic amines) is 1. The highest BCUT2D eigenvalue weighted by molar-refractivity contribution is 6.04. The van der Waals surface area contributed by atoms with Gasteiger partial charge in [-0.1, -0.05) is 18.1 Å². The van der Waals surface area contributed by atoms with Crippen LogP contribution in [0.3, 0.4) is 0 Å². The first-order valence-electron chi connectivity index (χ1n) is 16.7. The van der Waals surface area contributed by atoms with Crippen LogP contribution in [0, 0.1) is 34.8 Å². The van der Waals surface area contributed by atoms with Gasteiger partial charge >= 0.3 is 6.01 Å². The number of terminal acetylenes is 1. The number of piperazine rings is 1. The molecule has 2 unspecified atom stereocenters. The topological polar surface area (TPSA) is 83.0 Å². The lowest BCUT2D eigenvalue weighted by Gasteiger charge is -2.38. The van der Waals surface area contributed by atoms with Crippen molar-refractivity contribution in [3.8, 4) is 35.2 Å². The predicted octanol–water partition coefficient (Wildman–Crippen LogP) is 5.24. The molecule has 2 bridgehead atoms.